The third-order valence-electron chi connectivity index (χ3n) is 5.07. The van der Waals surface area contributed by atoms with Crippen molar-refractivity contribution in [3.63, 3.8) is 0 Å². The molecule has 140 valence electrons. The van der Waals surface area contributed by atoms with Crippen molar-refractivity contribution in [1.82, 2.24) is 15.3 Å². The Morgan fingerprint density at radius 3 is 2.64 bits per heavy atom. The first-order valence-corrected chi connectivity index (χ1v) is 9.58. The number of carbonyl (C=O) groups is 1. The summed E-state index contributed by atoms with van der Waals surface area (Å²) in [7, 11) is 0. The van der Waals surface area contributed by atoms with Crippen LogP contribution in [-0.4, -0.2) is 22.4 Å². The first-order valence-electron chi connectivity index (χ1n) is 9.58. The number of aryl methyl sites for hydroxylation is 1. The first kappa shape index (κ1) is 18.0. The third kappa shape index (κ3) is 4.12. The second kappa shape index (κ2) is 8.53. The highest BCUT2D eigenvalue weighted by Gasteiger charge is 2.18. The Kier molecular flexibility index (Phi) is 5.48. The Bertz CT molecular complexity index is 1040. The third-order valence-corrected chi connectivity index (χ3v) is 5.07. The number of hydrogen-bond donors (Lipinski definition) is 2. The van der Waals surface area contributed by atoms with E-state index < -0.39 is 0 Å². The maximum absolute atomic E-state index is 12.4. The molecule has 1 atom stereocenters. The minimum Gasteiger partial charge on any atom is -0.361 e. The van der Waals surface area contributed by atoms with E-state index >= 15 is 0 Å². The molecule has 0 bridgehead atoms. The van der Waals surface area contributed by atoms with Crippen molar-refractivity contribution in [3.05, 3.63) is 102 Å². The predicted molar refractivity (Wildman–Crippen MR) is 112 cm³/mol. The number of benzene rings is 2. The van der Waals surface area contributed by atoms with Crippen molar-refractivity contribution in [2.75, 3.05) is 6.54 Å². The molecular formula is C24H23N3O. The van der Waals surface area contributed by atoms with E-state index in [4.69, 9.17) is 0 Å². The normalized spacial score (nSPS) is 12.0. The summed E-state index contributed by atoms with van der Waals surface area (Å²) in [5.41, 5.74) is 4.59. The molecule has 4 nitrogen and oxygen atoms in total. The molecule has 0 aliphatic rings. The molecule has 0 saturated heterocycles. The van der Waals surface area contributed by atoms with Crippen molar-refractivity contribution in [3.8, 4) is 0 Å². The second-order valence-corrected chi connectivity index (χ2v) is 6.92. The molecule has 2 aromatic carbocycles. The smallest absolute Gasteiger partial charge is 0.220 e. The molecule has 0 saturated carbocycles. The van der Waals surface area contributed by atoms with E-state index in [9.17, 15) is 4.79 Å². The topological polar surface area (TPSA) is 57.8 Å². The summed E-state index contributed by atoms with van der Waals surface area (Å²) in [6, 6.07) is 22.5. The van der Waals surface area contributed by atoms with Gasteiger partial charge in [-0.3, -0.25) is 9.78 Å². The molecule has 1 unspecified atom stereocenters. The van der Waals surface area contributed by atoms with Gasteiger partial charge in [0.1, 0.15) is 0 Å². The van der Waals surface area contributed by atoms with E-state index in [2.05, 4.69) is 45.7 Å². The molecule has 2 aromatic heterocycles. The zero-order valence-electron chi connectivity index (χ0n) is 15.6. The number of aromatic amines is 1. The number of nitrogens with zero attached hydrogens (tertiary/aromatic N) is 1. The molecule has 0 radical (unpaired) electrons. The van der Waals surface area contributed by atoms with Gasteiger partial charge in [0.05, 0.1) is 0 Å². The number of aromatic nitrogens is 2. The van der Waals surface area contributed by atoms with Crippen molar-refractivity contribution >= 4 is 16.8 Å². The average Bonchev–Trinajstić information content (AvgIpc) is 3.18. The standard InChI is InChI=1S/C24H23N3O/c28-24(13-12-18-7-6-14-25-15-18)27-16-21(19-8-2-1-3-9-19)22-17-26-23-11-5-4-10-20(22)23/h1-11,14-15,17,21,26H,12-13,16H2,(H,27,28). The van der Waals surface area contributed by atoms with Gasteiger partial charge < -0.3 is 10.3 Å². The molecule has 2 heterocycles. The summed E-state index contributed by atoms with van der Waals surface area (Å²) in [5.74, 6) is 0.157. The second-order valence-electron chi connectivity index (χ2n) is 6.92. The highest BCUT2D eigenvalue weighted by molar-refractivity contribution is 5.84. The van der Waals surface area contributed by atoms with Gasteiger partial charge in [0.2, 0.25) is 5.91 Å². The zero-order valence-corrected chi connectivity index (χ0v) is 15.6. The predicted octanol–water partition coefficient (Wildman–Crippen LogP) is 4.44. The minimum absolute atomic E-state index is 0.0598. The van der Waals surface area contributed by atoms with Crippen LogP contribution in [0.5, 0.6) is 0 Å². The van der Waals surface area contributed by atoms with E-state index in [-0.39, 0.29) is 11.8 Å². The van der Waals surface area contributed by atoms with E-state index in [1.807, 2.05) is 48.7 Å². The van der Waals surface area contributed by atoms with Crippen molar-refractivity contribution in [2.45, 2.75) is 18.8 Å². The van der Waals surface area contributed by atoms with Gasteiger partial charge in [-0.1, -0.05) is 54.6 Å². The maximum Gasteiger partial charge on any atom is 0.220 e. The van der Waals surface area contributed by atoms with Crippen LogP contribution in [0, 0.1) is 0 Å². The van der Waals surface area contributed by atoms with Gasteiger partial charge in [-0.05, 0) is 35.2 Å². The summed E-state index contributed by atoms with van der Waals surface area (Å²) in [6.07, 6.45) is 6.77. The van der Waals surface area contributed by atoms with Gasteiger partial charge in [0.15, 0.2) is 0 Å². The number of H-pyrrole nitrogens is 1. The van der Waals surface area contributed by atoms with Gasteiger partial charge >= 0.3 is 0 Å². The number of amides is 1. The summed E-state index contributed by atoms with van der Waals surface area (Å²) in [5, 5.41) is 4.33. The fourth-order valence-electron chi connectivity index (χ4n) is 3.58. The van der Waals surface area contributed by atoms with Crippen LogP contribution in [0.3, 0.4) is 0 Å². The van der Waals surface area contributed by atoms with Crippen LogP contribution in [0.1, 0.15) is 29.0 Å². The molecule has 2 N–H and O–H groups in total. The lowest BCUT2D eigenvalue weighted by atomic mass is 9.91. The number of fused-ring (bicyclic) bond motifs is 1. The monoisotopic (exact) mass is 369 g/mol. The molecule has 4 aromatic rings. The largest absolute Gasteiger partial charge is 0.361 e. The lowest BCUT2D eigenvalue weighted by Gasteiger charge is -2.18. The Hall–Kier alpha value is -3.40. The van der Waals surface area contributed by atoms with Crippen molar-refractivity contribution in [2.24, 2.45) is 0 Å². The molecule has 4 heteroatoms. The molecule has 0 spiro atoms. The molecule has 0 fully saturated rings. The molecule has 1 amide bonds. The van der Waals surface area contributed by atoms with Gasteiger partial charge in [0, 0.05) is 48.4 Å². The van der Waals surface area contributed by atoms with Crippen LogP contribution in [-0.2, 0) is 11.2 Å². The average molecular weight is 369 g/mol. The van der Waals surface area contributed by atoms with E-state index in [0.717, 1.165) is 11.1 Å². The lowest BCUT2D eigenvalue weighted by Crippen LogP contribution is -2.29. The molecule has 0 aliphatic heterocycles. The van der Waals surface area contributed by atoms with Crippen molar-refractivity contribution < 1.29 is 4.79 Å². The first-order chi connectivity index (χ1) is 13.8. The minimum atomic E-state index is 0.0598. The lowest BCUT2D eigenvalue weighted by molar-refractivity contribution is -0.121. The fraction of sp³-hybridized carbons (Fsp3) is 0.167. The molecule has 0 aliphatic carbocycles. The van der Waals surface area contributed by atoms with Gasteiger partial charge in [-0.25, -0.2) is 0 Å². The van der Waals surface area contributed by atoms with Crippen LogP contribution in [0.4, 0.5) is 0 Å². The van der Waals surface area contributed by atoms with Crippen LogP contribution in [0.2, 0.25) is 0 Å². The van der Waals surface area contributed by atoms with Crippen LogP contribution in [0.15, 0.2) is 85.3 Å². The van der Waals surface area contributed by atoms with Crippen LogP contribution < -0.4 is 5.32 Å². The highest BCUT2D eigenvalue weighted by atomic mass is 16.1. The zero-order chi connectivity index (χ0) is 19.2. The highest BCUT2D eigenvalue weighted by Crippen LogP contribution is 2.30. The Morgan fingerprint density at radius 1 is 1.00 bits per heavy atom. The van der Waals surface area contributed by atoms with Crippen LogP contribution >= 0.6 is 0 Å². The van der Waals surface area contributed by atoms with Crippen molar-refractivity contribution in [1.29, 1.82) is 0 Å². The summed E-state index contributed by atoms with van der Waals surface area (Å²) < 4.78 is 0. The summed E-state index contributed by atoms with van der Waals surface area (Å²) >= 11 is 0. The van der Waals surface area contributed by atoms with E-state index in [0.29, 0.717) is 19.4 Å². The van der Waals surface area contributed by atoms with Gasteiger partial charge in [-0.2, -0.15) is 0 Å². The summed E-state index contributed by atoms with van der Waals surface area (Å²) in [6.45, 7) is 0.567. The fourth-order valence-corrected chi connectivity index (χ4v) is 3.58. The SMILES string of the molecule is O=C(CCc1cccnc1)NCC(c1ccccc1)c1c[nH]c2ccccc12. The number of rotatable bonds is 7. The maximum atomic E-state index is 12.4. The Labute approximate surface area is 164 Å². The Balaban J connectivity index is 1.49. The molecular weight excluding hydrogens is 346 g/mol. The molecule has 28 heavy (non-hydrogen) atoms. The summed E-state index contributed by atoms with van der Waals surface area (Å²) in [4.78, 5) is 19.9. The number of nitrogens with one attached hydrogen (secondary N) is 2. The number of hydrogen-bond acceptors (Lipinski definition) is 2. The Morgan fingerprint density at radius 2 is 1.82 bits per heavy atom. The number of pyridine rings is 1. The van der Waals surface area contributed by atoms with Gasteiger partial charge in [0.25, 0.3) is 0 Å². The van der Waals surface area contributed by atoms with Crippen LogP contribution in [0.25, 0.3) is 10.9 Å². The van der Waals surface area contributed by atoms with Gasteiger partial charge in [-0.15, -0.1) is 0 Å². The number of carbonyl (C=O) groups excluding carboxylic acids is 1. The van der Waals surface area contributed by atoms with E-state index in [1.54, 1.807) is 6.20 Å². The van der Waals surface area contributed by atoms with E-state index in [1.165, 1.54) is 16.5 Å². The quantitative estimate of drug-likeness (QED) is 0.506. The molecule has 4 rings (SSSR count). The number of para-hydroxylation sites is 1.